The molecule has 138 valence electrons. The standard InChI is InChI=1S/C18H20N2O5S/c1-3-12(2)19-17(21)15-6-4-5-7-16(15)20-26(24,25)14-10-8-13(9-11-14)18(22)23/h4-12,20H,3H2,1-2H3,(H,19,21)(H,22,23). The van der Waals surface area contributed by atoms with E-state index >= 15 is 0 Å². The van der Waals surface area contributed by atoms with Gasteiger partial charge in [-0.05, 0) is 49.7 Å². The Kier molecular flexibility index (Phi) is 5.99. The Hall–Kier alpha value is -2.87. The maximum absolute atomic E-state index is 12.5. The molecule has 0 aliphatic heterocycles. The lowest BCUT2D eigenvalue weighted by atomic mass is 10.1. The van der Waals surface area contributed by atoms with Crippen molar-refractivity contribution in [1.82, 2.24) is 5.32 Å². The van der Waals surface area contributed by atoms with Crippen molar-refractivity contribution >= 4 is 27.6 Å². The number of hydrogen-bond donors (Lipinski definition) is 3. The second-order valence-electron chi connectivity index (χ2n) is 5.76. The van der Waals surface area contributed by atoms with Gasteiger partial charge in [0.1, 0.15) is 0 Å². The van der Waals surface area contributed by atoms with Crippen LogP contribution in [0.5, 0.6) is 0 Å². The third kappa shape index (κ3) is 4.60. The van der Waals surface area contributed by atoms with Gasteiger partial charge in [0.2, 0.25) is 0 Å². The van der Waals surface area contributed by atoms with Gasteiger partial charge < -0.3 is 10.4 Å². The lowest BCUT2D eigenvalue weighted by Gasteiger charge is -2.15. The van der Waals surface area contributed by atoms with Crippen molar-refractivity contribution in [3.63, 3.8) is 0 Å². The van der Waals surface area contributed by atoms with E-state index in [9.17, 15) is 18.0 Å². The van der Waals surface area contributed by atoms with E-state index in [0.717, 1.165) is 6.42 Å². The largest absolute Gasteiger partial charge is 0.478 e. The van der Waals surface area contributed by atoms with Gasteiger partial charge in [-0.25, -0.2) is 13.2 Å². The summed E-state index contributed by atoms with van der Waals surface area (Å²) in [7, 11) is -3.97. The average molecular weight is 376 g/mol. The van der Waals surface area contributed by atoms with E-state index in [1.165, 1.54) is 36.4 Å². The highest BCUT2D eigenvalue weighted by molar-refractivity contribution is 7.92. The van der Waals surface area contributed by atoms with Gasteiger partial charge in [-0.3, -0.25) is 9.52 Å². The first-order valence-electron chi connectivity index (χ1n) is 8.00. The van der Waals surface area contributed by atoms with Crippen LogP contribution < -0.4 is 10.0 Å². The molecule has 0 fully saturated rings. The number of sulfonamides is 1. The molecule has 0 aliphatic carbocycles. The highest BCUT2D eigenvalue weighted by Gasteiger charge is 2.19. The zero-order valence-electron chi connectivity index (χ0n) is 14.4. The smallest absolute Gasteiger partial charge is 0.335 e. The van der Waals surface area contributed by atoms with Crippen LogP contribution in [-0.2, 0) is 10.0 Å². The van der Waals surface area contributed by atoms with Gasteiger partial charge in [0, 0.05) is 6.04 Å². The van der Waals surface area contributed by atoms with Crippen LogP contribution in [0.1, 0.15) is 41.0 Å². The Morgan fingerprint density at radius 1 is 1.08 bits per heavy atom. The van der Waals surface area contributed by atoms with E-state index in [2.05, 4.69) is 10.0 Å². The van der Waals surface area contributed by atoms with Gasteiger partial charge in [-0.2, -0.15) is 0 Å². The van der Waals surface area contributed by atoms with Gasteiger partial charge in [0.15, 0.2) is 0 Å². The number of carbonyl (C=O) groups excluding carboxylic acids is 1. The van der Waals surface area contributed by atoms with Crippen molar-refractivity contribution in [2.24, 2.45) is 0 Å². The Labute approximate surface area is 152 Å². The summed E-state index contributed by atoms with van der Waals surface area (Å²) in [5, 5.41) is 11.7. The Bertz CT molecular complexity index is 907. The second kappa shape index (κ2) is 8.01. The van der Waals surface area contributed by atoms with E-state index in [-0.39, 0.29) is 33.7 Å². The van der Waals surface area contributed by atoms with Crippen LogP contribution in [-0.4, -0.2) is 31.4 Å². The first kappa shape index (κ1) is 19.5. The number of nitrogens with one attached hydrogen (secondary N) is 2. The Morgan fingerprint density at radius 3 is 2.27 bits per heavy atom. The van der Waals surface area contributed by atoms with Crippen LogP contribution in [0.2, 0.25) is 0 Å². The van der Waals surface area contributed by atoms with Gasteiger partial charge >= 0.3 is 5.97 Å². The molecular formula is C18H20N2O5S. The predicted octanol–water partition coefficient (Wildman–Crippen LogP) is 2.71. The SMILES string of the molecule is CCC(C)NC(=O)c1ccccc1NS(=O)(=O)c1ccc(C(=O)O)cc1. The highest BCUT2D eigenvalue weighted by atomic mass is 32.2. The van der Waals surface area contributed by atoms with Crippen LogP contribution in [0.15, 0.2) is 53.4 Å². The van der Waals surface area contributed by atoms with Crippen molar-refractivity contribution < 1.29 is 23.1 Å². The van der Waals surface area contributed by atoms with E-state index < -0.39 is 16.0 Å². The zero-order valence-corrected chi connectivity index (χ0v) is 15.2. The van der Waals surface area contributed by atoms with Crippen molar-refractivity contribution in [2.75, 3.05) is 4.72 Å². The molecule has 1 amide bonds. The van der Waals surface area contributed by atoms with Crippen LogP contribution >= 0.6 is 0 Å². The number of para-hydroxylation sites is 1. The van der Waals surface area contributed by atoms with E-state index in [4.69, 9.17) is 5.11 Å². The molecule has 2 aromatic rings. The topological polar surface area (TPSA) is 113 Å². The number of aromatic carboxylic acids is 1. The van der Waals surface area contributed by atoms with Crippen LogP contribution in [0.4, 0.5) is 5.69 Å². The van der Waals surface area contributed by atoms with Crippen molar-refractivity contribution in [3.8, 4) is 0 Å². The monoisotopic (exact) mass is 376 g/mol. The lowest BCUT2D eigenvalue weighted by Crippen LogP contribution is -2.32. The first-order valence-corrected chi connectivity index (χ1v) is 9.49. The zero-order chi connectivity index (χ0) is 19.3. The summed E-state index contributed by atoms with van der Waals surface area (Å²) >= 11 is 0. The molecule has 3 N–H and O–H groups in total. The number of carboxylic acids is 1. The second-order valence-corrected chi connectivity index (χ2v) is 7.45. The van der Waals surface area contributed by atoms with Gasteiger partial charge in [-0.1, -0.05) is 19.1 Å². The molecule has 7 nitrogen and oxygen atoms in total. The summed E-state index contributed by atoms with van der Waals surface area (Å²) in [6.45, 7) is 3.79. The molecule has 0 radical (unpaired) electrons. The number of benzene rings is 2. The lowest BCUT2D eigenvalue weighted by molar-refractivity contribution is 0.0696. The summed E-state index contributed by atoms with van der Waals surface area (Å²) in [6.07, 6.45) is 0.746. The highest BCUT2D eigenvalue weighted by Crippen LogP contribution is 2.21. The molecule has 1 unspecified atom stereocenters. The summed E-state index contributed by atoms with van der Waals surface area (Å²) in [5.74, 6) is -1.52. The molecule has 0 aliphatic rings. The number of rotatable bonds is 7. The minimum atomic E-state index is -3.97. The van der Waals surface area contributed by atoms with Gasteiger partial charge in [0.25, 0.3) is 15.9 Å². The van der Waals surface area contributed by atoms with E-state index in [1.807, 2.05) is 13.8 Å². The number of hydrogen-bond acceptors (Lipinski definition) is 4. The molecule has 0 saturated heterocycles. The third-order valence-corrected chi connectivity index (χ3v) is 5.20. The van der Waals surface area contributed by atoms with Crippen LogP contribution in [0.3, 0.4) is 0 Å². The first-order chi connectivity index (χ1) is 12.2. The average Bonchev–Trinajstić information content (AvgIpc) is 2.61. The van der Waals surface area contributed by atoms with Crippen LogP contribution in [0, 0.1) is 0 Å². The van der Waals surface area contributed by atoms with Gasteiger partial charge in [-0.15, -0.1) is 0 Å². The van der Waals surface area contributed by atoms with E-state index in [0.29, 0.717) is 0 Å². The van der Waals surface area contributed by atoms with Crippen molar-refractivity contribution in [3.05, 3.63) is 59.7 Å². The fraction of sp³-hybridized carbons (Fsp3) is 0.222. The molecule has 0 saturated carbocycles. The number of carboxylic acid groups (broad SMARTS) is 1. The number of amides is 1. The molecule has 0 aromatic heterocycles. The molecule has 0 spiro atoms. The maximum atomic E-state index is 12.5. The normalized spacial score (nSPS) is 12.2. The quantitative estimate of drug-likeness (QED) is 0.688. The fourth-order valence-corrected chi connectivity index (χ4v) is 3.23. The molecule has 1 atom stereocenters. The fourth-order valence-electron chi connectivity index (χ4n) is 2.15. The summed E-state index contributed by atoms with van der Waals surface area (Å²) in [6, 6.07) is 11.1. The Balaban J connectivity index is 2.29. The maximum Gasteiger partial charge on any atom is 0.335 e. The summed E-state index contributed by atoms with van der Waals surface area (Å²) in [5.41, 5.74) is 0.339. The molecule has 0 heterocycles. The van der Waals surface area contributed by atoms with Crippen LogP contribution in [0.25, 0.3) is 0 Å². The van der Waals surface area contributed by atoms with Gasteiger partial charge in [0.05, 0.1) is 21.7 Å². The third-order valence-electron chi connectivity index (χ3n) is 3.82. The molecule has 8 heteroatoms. The number of carbonyl (C=O) groups is 2. The minimum absolute atomic E-state index is 0.0164. The molecule has 2 rings (SSSR count). The van der Waals surface area contributed by atoms with Crippen molar-refractivity contribution in [1.29, 1.82) is 0 Å². The molecule has 0 bridgehead atoms. The Morgan fingerprint density at radius 2 is 1.69 bits per heavy atom. The van der Waals surface area contributed by atoms with E-state index in [1.54, 1.807) is 12.1 Å². The summed E-state index contributed by atoms with van der Waals surface area (Å²) < 4.78 is 27.5. The molecule has 2 aromatic carbocycles. The summed E-state index contributed by atoms with van der Waals surface area (Å²) in [4.78, 5) is 23.1. The predicted molar refractivity (Wildman–Crippen MR) is 97.9 cm³/mol. The molecular weight excluding hydrogens is 356 g/mol. The van der Waals surface area contributed by atoms with Crippen molar-refractivity contribution in [2.45, 2.75) is 31.2 Å². The molecule has 26 heavy (non-hydrogen) atoms. The minimum Gasteiger partial charge on any atom is -0.478 e. The number of anilines is 1.